The first-order valence-corrected chi connectivity index (χ1v) is 11.1. The van der Waals surface area contributed by atoms with Crippen molar-refractivity contribution >= 4 is 11.6 Å². The molecule has 3 aliphatic rings. The van der Waals surface area contributed by atoms with Gasteiger partial charge in [0.15, 0.2) is 0 Å². The van der Waals surface area contributed by atoms with Gasteiger partial charge in [-0.15, -0.1) is 0 Å². The van der Waals surface area contributed by atoms with Crippen LogP contribution in [0.3, 0.4) is 0 Å². The lowest BCUT2D eigenvalue weighted by molar-refractivity contribution is 0.0650. The number of nitrogens with one attached hydrogen (secondary N) is 1. The average molecular weight is 410 g/mol. The molecular formula is C23H28ClN5. The molecule has 1 N–H and O–H groups in total. The largest absolute Gasteiger partial charge is 0.316 e. The molecule has 0 aromatic carbocycles. The third-order valence-electron chi connectivity index (χ3n) is 7.01. The molecule has 2 aromatic heterocycles. The highest BCUT2D eigenvalue weighted by Gasteiger charge is 2.43. The molecule has 2 aliphatic heterocycles. The fraction of sp³-hybridized carbons (Fsp3) is 0.565. The summed E-state index contributed by atoms with van der Waals surface area (Å²) in [7, 11) is 2.23. The Morgan fingerprint density at radius 3 is 2.79 bits per heavy atom. The van der Waals surface area contributed by atoms with Crippen LogP contribution in [0.5, 0.6) is 0 Å². The van der Waals surface area contributed by atoms with Crippen molar-refractivity contribution in [2.24, 2.45) is 5.41 Å². The Morgan fingerprint density at radius 2 is 2.00 bits per heavy atom. The molecule has 1 saturated carbocycles. The van der Waals surface area contributed by atoms with E-state index < -0.39 is 0 Å². The van der Waals surface area contributed by atoms with Crippen LogP contribution >= 0.6 is 11.6 Å². The van der Waals surface area contributed by atoms with Crippen molar-refractivity contribution in [2.75, 3.05) is 33.2 Å². The molecule has 2 aromatic rings. The summed E-state index contributed by atoms with van der Waals surface area (Å²) >= 11 is 6.35. The molecule has 1 atom stereocenters. The molecular weight excluding hydrogens is 382 g/mol. The van der Waals surface area contributed by atoms with E-state index in [4.69, 9.17) is 11.6 Å². The second-order valence-corrected chi connectivity index (χ2v) is 9.34. The molecule has 4 heterocycles. The Kier molecular flexibility index (Phi) is 5.11. The summed E-state index contributed by atoms with van der Waals surface area (Å²) in [5.74, 6) is 7.13. The van der Waals surface area contributed by atoms with Crippen molar-refractivity contribution in [3.05, 3.63) is 46.5 Å². The maximum atomic E-state index is 6.35. The van der Waals surface area contributed by atoms with Crippen molar-refractivity contribution in [1.82, 2.24) is 25.0 Å². The summed E-state index contributed by atoms with van der Waals surface area (Å²) < 4.78 is 2.05. The van der Waals surface area contributed by atoms with E-state index in [0.717, 1.165) is 37.3 Å². The van der Waals surface area contributed by atoms with Crippen LogP contribution in [0.4, 0.5) is 0 Å². The van der Waals surface area contributed by atoms with Gasteiger partial charge in [0, 0.05) is 30.4 Å². The molecule has 29 heavy (non-hydrogen) atoms. The van der Waals surface area contributed by atoms with Gasteiger partial charge in [0.05, 0.1) is 17.8 Å². The SMILES string of the molecule is CN1CCC2(CCNCC2c2cc(Cl)ncc2C#Cc2cnn(C3CC3)c2)CC1. The summed E-state index contributed by atoms with van der Waals surface area (Å²) in [6.07, 6.45) is 11.9. The highest BCUT2D eigenvalue weighted by Crippen LogP contribution is 2.49. The summed E-state index contributed by atoms with van der Waals surface area (Å²) in [6.45, 7) is 4.41. The molecule has 6 heteroatoms. The van der Waals surface area contributed by atoms with Crippen molar-refractivity contribution < 1.29 is 0 Å². The number of piperidine rings is 2. The molecule has 2 saturated heterocycles. The first-order valence-electron chi connectivity index (χ1n) is 10.7. The van der Waals surface area contributed by atoms with Gasteiger partial charge >= 0.3 is 0 Å². The quantitative estimate of drug-likeness (QED) is 0.609. The molecule has 152 valence electrons. The number of aromatic nitrogens is 3. The molecule has 5 rings (SSSR count). The number of nitrogens with zero attached hydrogens (tertiary/aromatic N) is 4. The second-order valence-electron chi connectivity index (χ2n) is 8.96. The van der Waals surface area contributed by atoms with Crippen LogP contribution in [0, 0.1) is 17.3 Å². The van der Waals surface area contributed by atoms with Crippen molar-refractivity contribution in [3.63, 3.8) is 0 Å². The first-order chi connectivity index (χ1) is 14.1. The molecule has 0 amide bonds. The first kappa shape index (κ1) is 19.1. The lowest BCUT2D eigenvalue weighted by Crippen LogP contribution is -2.49. The van der Waals surface area contributed by atoms with Crippen LogP contribution < -0.4 is 5.32 Å². The molecule has 1 aliphatic carbocycles. The standard InChI is InChI=1S/C23H28ClN5/c1-28-10-7-23(8-11-28)6-9-25-15-21(23)20-12-22(24)26-14-18(20)3-2-17-13-27-29(16-17)19-4-5-19/h12-14,16,19,21,25H,4-11,15H2,1H3. The third-order valence-corrected chi connectivity index (χ3v) is 7.22. The predicted octanol–water partition coefficient (Wildman–Crippen LogP) is 3.46. The number of hydrogen-bond donors (Lipinski definition) is 1. The van der Waals surface area contributed by atoms with Crippen molar-refractivity contribution in [1.29, 1.82) is 0 Å². The van der Waals surface area contributed by atoms with Gasteiger partial charge in [-0.3, -0.25) is 4.68 Å². The Hall–Kier alpha value is -1.87. The van der Waals surface area contributed by atoms with E-state index in [1.54, 1.807) is 0 Å². The molecule has 0 bridgehead atoms. The van der Waals surface area contributed by atoms with Gasteiger partial charge in [0.1, 0.15) is 5.15 Å². The zero-order chi connectivity index (χ0) is 19.8. The summed E-state index contributed by atoms with van der Waals surface area (Å²) in [4.78, 5) is 6.80. The van der Waals surface area contributed by atoms with Crippen molar-refractivity contribution in [2.45, 2.75) is 44.1 Å². The smallest absolute Gasteiger partial charge is 0.129 e. The lowest BCUT2D eigenvalue weighted by atomic mass is 9.62. The minimum absolute atomic E-state index is 0.329. The topological polar surface area (TPSA) is 46.0 Å². The Balaban J connectivity index is 1.47. The normalized spacial score (nSPS) is 24.3. The van der Waals surface area contributed by atoms with E-state index in [0.29, 0.717) is 22.5 Å². The number of rotatable bonds is 2. The fourth-order valence-electron chi connectivity index (χ4n) is 4.99. The Morgan fingerprint density at radius 1 is 1.17 bits per heavy atom. The zero-order valence-electron chi connectivity index (χ0n) is 17.0. The van der Waals surface area contributed by atoms with Crippen LogP contribution in [-0.4, -0.2) is 52.9 Å². The van der Waals surface area contributed by atoms with Crippen LogP contribution in [0.1, 0.15) is 60.8 Å². The van der Waals surface area contributed by atoms with Gasteiger partial charge in [0.25, 0.3) is 0 Å². The van der Waals surface area contributed by atoms with Gasteiger partial charge in [0.2, 0.25) is 0 Å². The minimum Gasteiger partial charge on any atom is -0.316 e. The second kappa shape index (κ2) is 7.75. The molecule has 0 radical (unpaired) electrons. The van der Waals surface area contributed by atoms with E-state index >= 15 is 0 Å². The fourth-order valence-corrected chi connectivity index (χ4v) is 5.16. The van der Waals surface area contributed by atoms with Gasteiger partial charge in [-0.05, 0) is 75.8 Å². The minimum atomic E-state index is 0.329. The highest BCUT2D eigenvalue weighted by molar-refractivity contribution is 6.29. The summed E-state index contributed by atoms with van der Waals surface area (Å²) in [5, 5.41) is 8.63. The Labute approximate surface area is 177 Å². The molecule has 1 unspecified atom stereocenters. The van der Waals surface area contributed by atoms with Crippen LogP contribution in [0.25, 0.3) is 0 Å². The van der Waals surface area contributed by atoms with E-state index in [2.05, 4.69) is 51.5 Å². The number of pyridine rings is 1. The van der Waals surface area contributed by atoms with Gasteiger partial charge in [-0.2, -0.15) is 5.10 Å². The average Bonchev–Trinajstić information content (AvgIpc) is 3.48. The molecule has 3 fully saturated rings. The Bertz CT molecular complexity index is 944. The molecule has 1 spiro atoms. The van der Waals surface area contributed by atoms with Crippen LogP contribution in [0.2, 0.25) is 5.15 Å². The van der Waals surface area contributed by atoms with E-state index in [-0.39, 0.29) is 0 Å². The van der Waals surface area contributed by atoms with Gasteiger partial charge in [-0.25, -0.2) is 4.98 Å². The number of hydrogen-bond acceptors (Lipinski definition) is 4. The summed E-state index contributed by atoms with van der Waals surface area (Å²) in [5.41, 5.74) is 3.55. The van der Waals surface area contributed by atoms with E-state index in [1.807, 2.05) is 17.1 Å². The predicted molar refractivity (Wildman–Crippen MR) is 115 cm³/mol. The van der Waals surface area contributed by atoms with Crippen molar-refractivity contribution in [3.8, 4) is 11.8 Å². The van der Waals surface area contributed by atoms with Crippen LogP contribution in [-0.2, 0) is 0 Å². The summed E-state index contributed by atoms with van der Waals surface area (Å²) in [6, 6.07) is 2.63. The maximum absolute atomic E-state index is 6.35. The van der Waals surface area contributed by atoms with E-state index in [9.17, 15) is 0 Å². The lowest BCUT2D eigenvalue weighted by Gasteiger charge is -2.49. The van der Waals surface area contributed by atoms with Gasteiger partial charge < -0.3 is 10.2 Å². The van der Waals surface area contributed by atoms with Gasteiger partial charge in [-0.1, -0.05) is 23.4 Å². The molecule has 5 nitrogen and oxygen atoms in total. The van der Waals surface area contributed by atoms with E-state index in [1.165, 1.54) is 37.7 Å². The highest BCUT2D eigenvalue weighted by atomic mass is 35.5. The third kappa shape index (κ3) is 3.94. The number of halogens is 1. The maximum Gasteiger partial charge on any atom is 0.129 e. The monoisotopic (exact) mass is 409 g/mol. The number of likely N-dealkylation sites (tertiary alicyclic amines) is 1. The van der Waals surface area contributed by atoms with Crippen LogP contribution in [0.15, 0.2) is 24.7 Å². The zero-order valence-corrected chi connectivity index (χ0v) is 17.8.